The number of imidazole rings is 1. The van der Waals surface area contributed by atoms with Crippen LogP contribution in [0.5, 0.6) is 0 Å². The Morgan fingerprint density at radius 2 is 2.00 bits per heavy atom. The summed E-state index contributed by atoms with van der Waals surface area (Å²) in [6.07, 6.45) is 1.48. The van der Waals surface area contributed by atoms with Crippen molar-refractivity contribution in [3.8, 4) is 11.3 Å². The molecule has 0 spiro atoms. The second-order valence-corrected chi connectivity index (χ2v) is 3.89. The number of nitrogens with zero attached hydrogens (tertiary/aromatic N) is 1. The predicted molar refractivity (Wildman–Crippen MR) is 64.1 cm³/mol. The molecule has 0 aliphatic heterocycles. The third-order valence-corrected chi connectivity index (χ3v) is 2.65. The molecule has 0 atom stereocenters. The average Bonchev–Trinajstić information content (AvgIpc) is 2.78. The fourth-order valence-corrected chi connectivity index (χ4v) is 1.66. The molecule has 1 aromatic heterocycles. The van der Waals surface area contributed by atoms with Crippen molar-refractivity contribution in [2.75, 3.05) is 5.88 Å². The summed E-state index contributed by atoms with van der Waals surface area (Å²) in [5, 5.41) is 0.643. The molecule has 0 saturated heterocycles. The molecule has 16 heavy (non-hydrogen) atoms. The van der Waals surface area contributed by atoms with Crippen LogP contribution in [0.1, 0.15) is 10.5 Å². The van der Waals surface area contributed by atoms with Crippen LogP contribution in [0, 0.1) is 0 Å². The van der Waals surface area contributed by atoms with E-state index in [-0.39, 0.29) is 11.7 Å². The Labute approximate surface area is 102 Å². The summed E-state index contributed by atoms with van der Waals surface area (Å²) in [7, 11) is 0. The van der Waals surface area contributed by atoms with Crippen LogP contribution in [0.15, 0.2) is 30.6 Å². The van der Waals surface area contributed by atoms with E-state index in [4.69, 9.17) is 23.2 Å². The van der Waals surface area contributed by atoms with E-state index < -0.39 is 0 Å². The summed E-state index contributed by atoms with van der Waals surface area (Å²) in [4.78, 5) is 18.4. The zero-order chi connectivity index (χ0) is 11.5. The number of H-pyrrole nitrogens is 1. The number of aromatic nitrogens is 2. The van der Waals surface area contributed by atoms with Gasteiger partial charge >= 0.3 is 0 Å². The molecule has 2 rings (SSSR count). The van der Waals surface area contributed by atoms with Gasteiger partial charge < -0.3 is 4.98 Å². The Balaban J connectivity index is 2.44. The summed E-state index contributed by atoms with van der Waals surface area (Å²) in [5.41, 5.74) is 1.86. The van der Waals surface area contributed by atoms with Gasteiger partial charge in [-0.15, -0.1) is 11.6 Å². The second kappa shape index (κ2) is 4.68. The number of ketones is 1. The van der Waals surface area contributed by atoms with Gasteiger partial charge in [0.25, 0.3) is 0 Å². The Morgan fingerprint density at radius 1 is 1.31 bits per heavy atom. The van der Waals surface area contributed by atoms with Gasteiger partial charge in [0.1, 0.15) is 5.69 Å². The zero-order valence-electron chi connectivity index (χ0n) is 8.21. The standard InChI is InChI=1S/C11H8Cl2N2O/c12-5-9(16)11-10(14-6-15-11)7-1-3-8(13)4-2-7/h1-4,6H,5H2,(H,14,15). The minimum Gasteiger partial charge on any atom is -0.342 e. The van der Waals surface area contributed by atoms with Crippen LogP contribution < -0.4 is 0 Å². The van der Waals surface area contributed by atoms with Gasteiger partial charge in [0.2, 0.25) is 0 Å². The van der Waals surface area contributed by atoms with Crippen molar-refractivity contribution in [2.45, 2.75) is 0 Å². The van der Waals surface area contributed by atoms with Gasteiger partial charge in [-0.05, 0) is 12.1 Å². The summed E-state index contributed by atoms with van der Waals surface area (Å²) in [5.74, 6) is -0.243. The Bertz CT molecular complexity index is 505. The fourth-order valence-electron chi connectivity index (χ4n) is 1.40. The highest BCUT2D eigenvalue weighted by molar-refractivity contribution is 6.31. The molecule has 0 bridgehead atoms. The van der Waals surface area contributed by atoms with Crippen molar-refractivity contribution < 1.29 is 4.79 Å². The maximum absolute atomic E-state index is 11.5. The normalized spacial score (nSPS) is 10.4. The lowest BCUT2D eigenvalue weighted by atomic mass is 10.1. The number of benzene rings is 1. The van der Waals surface area contributed by atoms with Crippen molar-refractivity contribution in [3.05, 3.63) is 41.3 Å². The Hall–Kier alpha value is -1.32. The number of nitrogens with one attached hydrogen (secondary N) is 1. The molecule has 0 saturated carbocycles. The van der Waals surface area contributed by atoms with Crippen molar-refractivity contribution >= 4 is 29.0 Å². The molecular weight excluding hydrogens is 247 g/mol. The van der Waals surface area contributed by atoms with E-state index in [0.717, 1.165) is 5.56 Å². The smallest absolute Gasteiger partial charge is 0.195 e. The van der Waals surface area contributed by atoms with Gasteiger partial charge in [0.05, 0.1) is 17.9 Å². The molecule has 0 radical (unpaired) electrons. The lowest BCUT2D eigenvalue weighted by Crippen LogP contribution is -2.02. The molecule has 0 aliphatic rings. The number of hydrogen-bond donors (Lipinski definition) is 1. The van der Waals surface area contributed by atoms with Crippen molar-refractivity contribution in [3.63, 3.8) is 0 Å². The van der Waals surface area contributed by atoms with Crippen LogP contribution in [0.25, 0.3) is 11.3 Å². The van der Waals surface area contributed by atoms with E-state index in [1.165, 1.54) is 6.33 Å². The van der Waals surface area contributed by atoms with Gasteiger partial charge in [-0.3, -0.25) is 4.79 Å². The number of aromatic amines is 1. The maximum Gasteiger partial charge on any atom is 0.195 e. The van der Waals surface area contributed by atoms with Crippen LogP contribution in [0.2, 0.25) is 5.02 Å². The molecule has 2 aromatic rings. The molecule has 82 valence electrons. The van der Waals surface area contributed by atoms with Crippen molar-refractivity contribution in [1.82, 2.24) is 9.97 Å². The number of alkyl halides is 1. The van der Waals surface area contributed by atoms with Gasteiger partial charge in [-0.25, -0.2) is 4.98 Å². The summed E-state index contributed by atoms with van der Waals surface area (Å²) in [6, 6.07) is 7.12. The number of Topliss-reactive ketones (excluding diaryl/α,β-unsaturated/α-hetero) is 1. The van der Waals surface area contributed by atoms with Gasteiger partial charge in [-0.2, -0.15) is 0 Å². The highest BCUT2D eigenvalue weighted by atomic mass is 35.5. The SMILES string of the molecule is O=C(CCl)c1[nH]cnc1-c1ccc(Cl)cc1. The molecule has 1 aromatic carbocycles. The average molecular weight is 255 g/mol. The van der Waals surface area contributed by atoms with E-state index in [1.54, 1.807) is 12.1 Å². The quantitative estimate of drug-likeness (QED) is 0.676. The first kappa shape index (κ1) is 11.2. The van der Waals surface area contributed by atoms with Gasteiger partial charge in [-0.1, -0.05) is 23.7 Å². The summed E-state index contributed by atoms with van der Waals surface area (Å²) in [6.45, 7) is 0. The third-order valence-electron chi connectivity index (χ3n) is 2.16. The Morgan fingerprint density at radius 3 is 2.62 bits per heavy atom. The zero-order valence-corrected chi connectivity index (χ0v) is 9.72. The van der Waals surface area contributed by atoms with Crippen molar-refractivity contribution in [2.24, 2.45) is 0 Å². The second-order valence-electron chi connectivity index (χ2n) is 3.19. The minimum atomic E-state index is -0.177. The highest BCUT2D eigenvalue weighted by Gasteiger charge is 2.14. The highest BCUT2D eigenvalue weighted by Crippen LogP contribution is 2.22. The minimum absolute atomic E-state index is 0.0667. The van der Waals surface area contributed by atoms with Crippen LogP contribution in [-0.2, 0) is 0 Å². The molecular formula is C11H8Cl2N2O. The van der Waals surface area contributed by atoms with E-state index in [0.29, 0.717) is 16.4 Å². The van der Waals surface area contributed by atoms with Gasteiger partial charge in [0, 0.05) is 10.6 Å². The molecule has 5 heteroatoms. The number of hydrogen-bond acceptors (Lipinski definition) is 2. The van der Waals surface area contributed by atoms with Crippen LogP contribution >= 0.6 is 23.2 Å². The number of carbonyl (C=O) groups excluding carboxylic acids is 1. The first-order valence-corrected chi connectivity index (χ1v) is 5.52. The predicted octanol–water partition coefficient (Wildman–Crippen LogP) is 3.15. The van der Waals surface area contributed by atoms with Crippen LogP contribution in [0.4, 0.5) is 0 Å². The van der Waals surface area contributed by atoms with E-state index in [1.807, 2.05) is 12.1 Å². The fraction of sp³-hybridized carbons (Fsp3) is 0.0909. The monoisotopic (exact) mass is 254 g/mol. The summed E-state index contributed by atoms with van der Waals surface area (Å²) < 4.78 is 0. The van der Waals surface area contributed by atoms with E-state index in [9.17, 15) is 4.79 Å². The topological polar surface area (TPSA) is 45.8 Å². The van der Waals surface area contributed by atoms with Gasteiger partial charge in [0.15, 0.2) is 5.78 Å². The lowest BCUT2D eigenvalue weighted by Gasteiger charge is -2.00. The first-order valence-electron chi connectivity index (χ1n) is 4.61. The molecule has 1 N–H and O–H groups in total. The maximum atomic E-state index is 11.5. The van der Waals surface area contributed by atoms with Crippen molar-refractivity contribution in [1.29, 1.82) is 0 Å². The molecule has 1 heterocycles. The van der Waals surface area contributed by atoms with Crippen LogP contribution in [0.3, 0.4) is 0 Å². The number of rotatable bonds is 3. The lowest BCUT2D eigenvalue weighted by molar-refractivity contribution is 0.101. The Kier molecular flexibility index (Phi) is 3.27. The van der Waals surface area contributed by atoms with E-state index in [2.05, 4.69) is 9.97 Å². The number of carbonyl (C=O) groups is 1. The van der Waals surface area contributed by atoms with Crippen LogP contribution in [-0.4, -0.2) is 21.6 Å². The number of halogens is 2. The van der Waals surface area contributed by atoms with E-state index >= 15 is 0 Å². The molecule has 0 amide bonds. The molecule has 3 nitrogen and oxygen atoms in total. The third kappa shape index (κ3) is 2.10. The first-order chi connectivity index (χ1) is 7.72. The molecule has 0 unspecified atom stereocenters. The molecule has 0 fully saturated rings. The largest absolute Gasteiger partial charge is 0.342 e. The molecule has 0 aliphatic carbocycles. The summed E-state index contributed by atoms with van der Waals surface area (Å²) >= 11 is 11.3.